The summed E-state index contributed by atoms with van der Waals surface area (Å²) in [7, 11) is -1.36. The average Bonchev–Trinajstić information content (AvgIpc) is 3.32. The predicted octanol–water partition coefficient (Wildman–Crippen LogP) is 16.2. The maximum Gasteiger partial charge on any atom is -0.0374 e. The van der Waals surface area contributed by atoms with Crippen LogP contribution in [0.2, 0.25) is 34.5 Å². The van der Waals surface area contributed by atoms with Gasteiger partial charge < -0.3 is 0 Å². The van der Waals surface area contributed by atoms with E-state index in [1.807, 2.05) is 0 Å². The van der Waals surface area contributed by atoms with E-state index < -0.39 is 26.5 Å². The van der Waals surface area contributed by atoms with Crippen molar-refractivity contribution in [2.24, 2.45) is 0 Å². The second kappa shape index (κ2) is 17.9. The molecule has 0 aliphatic heterocycles. The molecule has 3 heteroatoms. The Morgan fingerprint density at radius 3 is 0.857 bits per heavy atom. The van der Waals surface area contributed by atoms with Crippen molar-refractivity contribution in [2.45, 2.75) is 34.5 Å². The van der Waals surface area contributed by atoms with Gasteiger partial charge in [-0.25, -0.2) is 0 Å². The van der Waals surface area contributed by atoms with Crippen LogP contribution in [0, 0.1) is 0 Å². The third-order valence-electron chi connectivity index (χ3n) is 12.2. The van der Waals surface area contributed by atoms with E-state index in [9.17, 15) is 0 Å². The first-order valence-electron chi connectivity index (χ1n) is 22.2. The molecule has 63 heavy (non-hydrogen) atoms. The van der Waals surface area contributed by atoms with Crippen LogP contribution < -0.4 is 13.7 Å². The molecule has 0 aliphatic rings. The van der Waals surface area contributed by atoms with Crippen molar-refractivity contribution in [2.75, 3.05) is 4.90 Å². The average molecular weight is 937 g/mol. The molecule has 0 atom stereocenters. The van der Waals surface area contributed by atoms with E-state index in [1.165, 1.54) is 71.9 Å². The van der Waals surface area contributed by atoms with E-state index in [-0.39, 0.29) is 0 Å². The Labute approximate surface area is 380 Å². The minimum absolute atomic E-state index is 1.10. The SMILES string of the molecule is C[Si](C)(C)c1ccc(-c2cccc(-c3ccc(N(c4ccc(-c5cccc(-c6ccccc6)c5)cc4)c4ccc(-c5cccc(-c6cc[c]([Sn]([CH3])([CH3])[CH3])cc6)c5)cc4)cc3)c2)cc1. The molecular formula is C60H55NSiSn. The Morgan fingerprint density at radius 1 is 0.286 bits per heavy atom. The van der Waals surface area contributed by atoms with Gasteiger partial charge in [0.25, 0.3) is 0 Å². The zero-order valence-corrected chi connectivity index (χ0v) is 41.2. The molecule has 0 N–H and O–H groups in total. The van der Waals surface area contributed by atoms with Crippen LogP contribution in [0.3, 0.4) is 0 Å². The summed E-state index contributed by atoms with van der Waals surface area (Å²) in [6.07, 6.45) is 0. The van der Waals surface area contributed by atoms with E-state index in [0.717, 1.165) is 17.1 Å². The van der Waals surface area contributed by atoms with Crippen molar-refractivity contribution >= 4 is 52.3 Å². The molecule has 0 radical (unpaired) electrons. The molecule has 9 rings (SSSR count). The fourth-order valence-electron chi connectivity index (χ4n) is 8.45. The minimum atomic E-state index is -2.12. The van der Waals surface area contributed by atoms with Gasteiger partial charge in [0.1, 0.15) is 0 Å². The molecule has 0 fully saturated rings. The summed E-state index contributed by atoms with van der Waals surface area (Å²) in [6.45, 7) is 7.20. The maximum absolute atomic E-state index is 2.47. The van der Waals surface area contributed by atoms with E-state index in [0.29, 0.717) is 0 Å². The summed E-state index contributed by atoms with van der Waals surface area (Å²) in [5, 5.41) is 1.48. The van der Waals surface area contributed by atoms with Crippen LogP contribution in [-0.2, 0) is 0 Å². The van der Waals surface area contributed by atoms with Crippen LogP contribution in [-0.4, -0.2) is 26.5 Å². The zero-order valence-electron chi connectivity index (χ0n) is 37.3. The van der Waals surface area contributed by atoms with Crippen molar-refractivity contribution in [1.82, 2.24) is 0 Å². The normalized spacial score (nSPS) is 11.7. The number of hydrogen-bond acceptors (Lipinski definition) is 1. The molecule has 0 unspecified atom stereocenters. The zero-order chi connectivity index (χ0) is 43.6. The Balaban J connectivity index is 1.04. The van der Waals surface area contributed by atoms with Crippen molar-refractivity contribution < 1.29 is 0 Å². The molecule has 1 nitrogen and oxygen atoms in total. The number of benzene rings is 9. The number of rotatable bonds is 11. The summed E-state index contributed by atoms with van der Waals surface area (Å²) >= 11 is -2.12. The van der Waals surface area contributed by atoms with Gasteiger partial charge in [-0.1, -0.05) is 140 Å². The second-order valence-electron chi connectivity index (χ2n) is 18.7. The van der Waals surface area contributed by atoms with Crippen LogP contribution in [0.1, 0.15) is 0 Å². The molecule has 0 amide bonds. The third kappa shape index (κ3) is 9.58. The van der Waals surface area contributed by atoms with E-state index in [4.69, 9.17) is 0 Å². The van der Waals surface area contributed by atoms with Crippen LogP contribution in [0.25, 0.3) is 66.8 Å². The summed E-state index contributed by atoms with van der Waals surface area (Å²) in [4.78, 5) is 9.78. The van der Waals surface area contributed by atoms with Crippen molar-refractivity contribution in [3.05, 3.63) is 224 Å². The molecule has 308 valence electrons. The monoisotopic (exact) mass is 937 g/mol. The third-order valence-corrected chi connectivity index (χ3v) is 20.2. The van der Waals surface area contributed by atoms with Gasteiger partial charge in [0.05, 0.1) is 8.07 Å². The fourth-order valence-corrected chi connectivity index (χ4v) is 12.9. The van der Waals surface area contributed by atoms with Crippen LogP contribution in [0.15, 0.2) is 224 Å². The maximum atomic E-state index is 2.47. The first kappa shape index (κ1) is 42.1. The van der Waals surface area contributed by atoms with Gasteiger partial charge >= 0.3 is 142 Å². The van der Waals surface area contributed by atoms with Crippen molar-refractivity contribution in [3.63, 3.8) is 0 Å². The minimum Gasteiger partial charge on any atom is -0.0624 e. The smallest absolute Gasteiger partial charge is 0.0374 e. The van der Waals surface area contributed by atoms with E-state index in [1.54, 1.807) is 3.58 Å². The number of hydrogen-bond donors (Lipinski definition) is 0. The van der Waals surface area contributed by atoms with Crippen LogP contribution in [0.5, 0.6) is 0 Å². The van der Waals surface area contributed by atoms with Gasteiger partial charge in [-0.3, -0.25) is 0 Å². The topological polar surface area (TPSA) is 3.24 Å². The van der Waals surface area contributed by atoms with Gasteiger partial charge in [0.2, 0.25) is 0 Å². The van der Waals surface area contributed by atoms with Crippen LogP contribution in [0.4, 0.5) is 17.1 Å². The Bertz CT molecular complexity index is 2810. The Hall–Kier alpha value is -6.20. The standard InChI is InChI=1S/C57H46NSi.3CH3.Sn/c1-59(2,3)57-37-29-47(30-38-57)53-22-12-21-52(41-53)46-27-35-56(36-28-46)58(54-31-23-44(24-32-54)50-19-10-17-48(39-50)42-13-6-4-7-14-42)55-33-25-45(26-34-55)51-20-11-18-49(40-51)43-15-8-5-9-16-43;;;;/h4,6-41H,1-3H3;3*1H3;. The van der Waals surface area contributed by atoms with Gasteiger partial charge in [-0.15, -0.1) is 0 Å². The molecule has 0 saturated carbocycles. The molecule has 0 spiro atoms. The van der Waals surface area contributed by atoms with Crippen molar-refractivity contribution in [3.8, 4) is 66.8 Å². The Morgan fingerprint density at radius 2 is 0.556 bits per heavy atom. The summed E-state index contributed by atoms with van der Waals surface area (Å²) < 4.78 is 1.55. The molecule has 0 aromatic heterocycles. The predicted molar refractivity (Wildman–Crippen MR) is 280 cm³/mol. The quantitative estimate of drug-likeness (QED) is 0.117. The first-order chi connectivity index (χ1) is 30.5. The number of anilines is 3. The molecule has 0 saturated heterocycles. The molecule has 9 aromatic carbocycles. The number of nitrogens with zero attached hydrogens (tertiary/aromatic N) is 1. The summed E-state index contributed by atoms with van der Waals surface area (Å²) in [5.74, 6) is 0. The molecular weight excluding hydrogens is 881 g/mol. The second-order valence-corrected chi connectivity index (χ2v) is 38.3. The van der Waals surface area contributed by atoms with Gasteiger partial charge in [0, 0.05) is 11.4 Å². The van der Waals surface area contributed by atoms with Gasteiger partial charge in [-0.05, 0) is 80.9 Å². The molecule has 0 heterocycles. The van der Waals surface area contributed by atoms with Gasteiger partial charge in [0.15, 0.2) is 0 Å². The summed E-state index contributed by atoms with van der Waals surface area (Å²) in [6, 6.07) is 82.9. The molecule has 9 aromatic rings. The van der Waals surface area contributed by atoms with E-state index in [2.05, 4.69) is 264 Å². The molecule has 0 aliphatic carbocycles. The van der Waals surface area contributed by atoms with Gasteiger partial charge in [-0.2, -0.15) is 0 Å². The van der Waals surface area contributed by atoms with E-state index >= 15 is 0 Å². The first-order valence-corrected chi connectivity index (χ1v) is 35.6. The van der Waals surface area contributed by atoms with Crippen molar-refractivity contribution in [1.29, 1.82) is 0 Å². The Kier molecular flexibility index (Phi) is 12.0. The van der Waals surface area contributed by atoms with Crippen LogP contribution >= 0.6 is 0 Å². The molecule has 0 bridgehead atoms. The fraction of sp³-hybridized carbons (Fsp3) is 0.100. The summed E-state index contributed by atoms with van der Waals surface area (Å²) in [5.41, 5.74) is 18.0. The largest absolute Gasteiger partial charge is 0.0624 e.